The first-order chi connectivity index (χ1) is 15.1. The summed E-state index contributed by atoms with van der Waals surface area (Å²) in [5, 5.41) is 0.649. The first kappa shape index (κ1) is 20.8. The number of nitrogens with one attached hydrogen (secondary N) is 2. The Hall–Kier alpha value is -3.51. The van der Waals surface area contributed by atoms with Crippen molar-refractivity contribution in [1.82, 2.24) is 10.9 Å². The van der Waals surface area contributed by atoms with Gasteiger partial charge >= 0.3 is 0 Å². The third-order valence-electron chi connectivity index (χ3n) is 4.98. The molecule has 1 atom stereocenters. The molecule has 4 rings (SSSR count). The van der Waals surface area contributed by atoms with Crippen LogP contribution in [0.5, 0.6) is 11.5 Å². The van der Waals surface area contributed by atoms with E-state index in [9.17, 15) is 9.59 Å². The highest BCUT2D eigenvalue weighted by atomic mass is 35.5. The number of fused-ring (bicyclic) bond motifs is 1. The molecule has 0 radical (unpaired) electrons. The summed E-state index contributed by atoms with van der Waals surface area (Å²) < 4.78 is 11.3. The third kappa shape index (κ3) is 5.35. The van der Waals surface area contributed by atoms with Crippen molar-refractivity contribution in [3.05, 3.63) is 94.5 Å². The zero-order chi connectivity index (χ0) is 21.6. The molecule has 0 saturated carbocycles. The average molecular weight is 437 g/mol. The van der Waals surface area contributed by atoms with Crippen LogP contribution in [0.15, 0.2) is 72.8 Å². The lowest BCUT2D eigenvalue weighted by Crippen LogP contribution is -2.47. The Kier molecular flexibility index (Phi) is 6.38. The van der Waals surface area contributed by atoms with E-state index >= 15 is 0 Å². The number of hydrazine groups is 1. The second-order valence-corrected chi connectivity index (χ2v) is 7.64. The highest BCUT2D eigenvalue weighted by molar-refractivity contribution is 6.30. The SMILES string of the molecule is O=C(NNC(=O)C1COc2ccccc2C1)c1ccc(COc2ccc(Cl)cc2)cc1. The maximum Gasteiger partial charge on any atom is 0.269 e. The molecular weight excluding hydrogens is 416 g/mol. The molecule has 2 amide bonds. The predicted molar refractivity (Wildman–Crippen MR) is 117 cm³/mol. The summed E-state index contributed by atoms with van der Waals surface area (Å²) in [7, 11) is 0. The Morgan fingerprint density at radius 3 is 2.48 bits per heavy atom. The van der Waals surface area contributed by atoms with Gasteiger partial charge in [-0.25, -0.2) is 0 Å². The largest absolute Gasteiger partial charge is 0.492 e. The zero-order valence-corrected chi connectivity index (χ0v) is 17.4. The number of amides is 2. The normalized spacial score (nSPS) is 14.7. The number of carbonyl (C=O) groups excluding carboxylic acids is 2. The van der Waals surface area contributed by atoms with E-state index in [2.05, 4.69) is 10.9 Å². The van der Waals surface area contributed by atoms with Crippen LogP contribution in [-0.2, 0) is 17.8 Å². The number of hydrogen-bond acceptors (Lipinski definition) is 4. The molecule has 3 aromatic rings. The molecule has 0 bridgehead atoms. The fourth-order valence-corrected chi connectivity index (χ4v) is 3.36. The Morgan fingerprint density at radius 2 is 1.71 bits per heavy atom. The van der Waals surface area contributed by atoms with E-state index in [1.807, 2.05) is 24.3 Å². The molecule has 6 nitrogen and oxygen atoms in total. The molecule has 3 aromatic carbocycles. The lowest BCUT2D eigenvalue weighted by atomic mass is 9.96. The van der Waals surface area contributed by atoms with Crippen molar-refractivity contribution in [2.45, 2.75) is 13.0 Å². The molecular formula is C24H21ClN2O4. The fraction of sp³-hybridized carbons (Fsp3) is 0.167. The molecule has 0 fully saturated rings. The molecule has 7 heteroatoms. The Labute approximate surface area is 185 Å². The van der Waals surface area contributed by atoms with Crippen LogP contribution in [0, 0.1) is 5.92 Å². The van der Waals surface area contributed by atoms with Gasteiger partial charge in [0.15, 0.2) is 0 Å². The van der Waals surface area contributed by atoms with Crippen molar-refractivity contribution in [2.75, 3.05) is 6.61 Å². The molecule has 1 aliphatic heterocycles. The second kappa shape index (κ2) is 9.53. The van der Waals surface area contributed by atoms with Crippen LogP contribution in [0.1, 0.15) is 21.5 Å². The van der Waals surface area contributed by atoms with Gasteiger partial charge in [0.1, 0.15) is 24.7 Å². The molecule has 2 N–H and O–H groups in total. The van der Waals surface area contributed by atoms with E-state index < -0.39 is 5.91 Å². The van der Waals surface area contributed by atoms with Gasteiger partial charge in [-0.2, -0.15) is 0 Å². The maximum absolute atomic E-state index is 12.4. The number of halogens is 1. The summed E-state index contributed by atoms with van der Waals surface area (Å²) in [6, 6.07) is 21.7. The van der Waals surface area contributed by atoms with Gasteiger partial charge in [0.2, 0.25) is 5.91 Å². The van der Waals surface area contributed by atoms with Gasteiger partial charge in [-0.15, -0.1) is 0 Å². The average Bonchev–Trinajstić information content (AvgIpc) is 2.82. The lowest BCUT2D eigenvalue weighted by molar-refractivity contribution is -0.127. The number of hydrogen-bond donors (Lipinski definition) is 2. The van der Waals surface area contributed by atoms with Crippen molar-refractivity contribution >= 4 is 23.4 Å². The molecule has 1 aliphatic rings. The summed E-state index contributed by atoms with van der Waals surface area (Å²) >= 11 is 5.86. The first-order valence-electron chi connectivity index (χ1n) is 9.87. The summed E-state index contributed by atoms with van der Waals surface area (Å²) in [4.78, 5) is 24.8. The lowest BCUT2D eigenvalue weighted by Gasteiger charge is -2.24. The monoisotopic (exact) mass is 436 g/mol. The zero-order valence-electron chi connectivity index (χ0n) is 16.6. The molecule has 158 valence electrons. The van der Waals surface area contributed by atoms with Crippen LogP contribution in [0.2, 0.25) is 5.02 Å². The van der Waals surface area contributed by atoms with Crippen LogP contribution in [0.4, 0.5) is 0 Å². The topological polar surface area (TPSA) is 76.7 Å². The van der Waals surface area contributed by atoms with Gasteiger partial charge in [0.25, 0.3) is 5.91 Å². The molecule has 0 saturated heterocycles. The van der Waals surface area contributed by atoms with E-state index in [0.29, 0.717) is 29.4 Å². The Morgan fingerprint density at radius 1 is 0.968 bits per heavy atom. The summed E-state index contributed by atoms with van der Waals surface area (Å²) in [6.07, 6.45) is 0.570. The van der Waals surface area contributed by atoms with E-state index in [1.54, 1.807) is 48.5 Å². The quantitative estimate of drug-likeness (QED) is 0.594. The number of ether oxygens (including phenoxy) is 2. The van der Waals surface area contributed by atoms with Gasteiger partial charge in [0, 0.05) is 10.6 Å². The third-order valence-corrected chi connectivity index (χ3v) is 5.24. The van der Waals surface area contributed by atoms with E-state index in [-0.39, 0.29) is 18.4 Å². The van der Waals surface area contributed by atoms with Gasteiger partial charge < -0.3 is 9.47 Å². The summed E-state index contributed by atoms with van der Waals surface area (Å²) in [5.41, 5.74) is 7.28. The number of rotatable bonds is 5. The second-order valence-electron chi connectivity index (χ2n) is 7.20. The van der Waals surface area contributed by atoms with Crippen LogP contribution in [-0.4, -0.2) is 18.4 Å². The number of carbonyl (C=O) groups is 2. The highest BCUT2D eigenvalue weighted by Gasteiger charge is 2.26. The number of para-hydroxylation sites is 1. The van der Waals surface area contributed by atoms with Gasteiger partial charge in [0.05, 0.1) is 5.92 Å². The summed E-state index contributed by atoms with van der Waals surface area (Å²) in [5.74, 6) is 0.480. The van der Waals surface area contributed by atoms with Crippen molar-refractivity contribution in [3.8, 4) is 11.5 Å². The molecule has 0 spiro atoms. The minimum atomic E-state index is -0.393. The minimum absolute atomic E-state index is 0.279. The molecule has 0 aliphatic carbocycles. The summed E-state index contributed by atoms with van der Waals surface area (Å²) in [6.45, 7) is 0.643. The number of benzene rings is 3. The van der Waals surface area contributed by atoms with Crippen LogP contribution >= 0.6 is 11.6 Å². The fourth-order valence-electron chi connectivity index (χ4n) is 3.24. The smallest absolute Gasteiger partial charge is 0.269 e. The highest BCUT2D eigenvalue weighted by Crippen LogP contribution is 2.26. The molecule has 0 aromatic heterocycles. The molecule has 1 unspecified atom stereocenters. The van der Waals surface area contributed by atoms with Crippen molar-refractivity contribution in [3.63, 3.8) is 0 Å². The van der Waals surface area contributed by atoms with E-state index in [4.69, 9.17) is 21.1 Å². The van der Waals surface area contributed by atoms with Crippen LogP contribution in [0.3, 0.4) is 0 Å². The van der Waals surface area contributed by atoms with Crippen LogP contribution in [0.25, 0.3) is 0 Å². The molecule has 1 heterocycles. The standard InChI is InChI=1S/C24H21ClN2O4/c25-20-9-11-21(12-10-20)30-14-16-5-7-17(8-6-16)23(28)26-27-24(29)19-13-18-3-1-2-4-22(18)31-15-19/h1-12,19H,13-15H2,(H,26,28)(H,27,29). The molecule has 31 heavy (non-hydrogen) atoms. The Bertz CT molecular complexity index is 1070. The van der Waals surface area contributed by atoms with E-state index in [0.717, 1.165) is 16.9 Å². The van der Waals surface area contributed by atoms with E-state index in [1.165, 1.54) is 0 Å². The van der Waals surface area contributed by atoms with Crippen LogP contribution < -0.4 is 20.3 Å². The minimum Gasteiger partial charge on any atom is -0.492 e. The maximum atomic E-state index is 12.4. The van der Waals surface area contributed by atoms with Crippen molar-refractivity contribution in [1.29, 1.82) is 0 Å². The van der Waals surface area contributed by atoms with Gasteiger partial charge in [-0.3, -0.25) is 20.4 Å². The van der Waals surface area contributed by atoms with Crippen molar-refractivity contribution in [2.24, 2.45) is 5.92 Å². The first-order valence-corrected chi connectivity index (χ1v) is 10.2. The Balaban J connectivity index is 1.26. The van der Waals surface area contributed by atoms with Gasteiger partial charge in [-0.1, -0.05) is 41.9 Å². The predicted octanol–water partition coefficient (Wildman–Crippen LogP) is 3.93. The van der Waals surface area contributed by atoms with Gasteiger partial charge in [-0.05, 0) is 60.0 Å². The van der Waals surface area contributed by atoms with Crippen molar-refractivity contribution < 1.29 is 19.1 Å².